The molecule has 29 heavy (non-hydrogen) atoms. The van der Waals surface area contributed by atoms with Gasteiger partial charge in [0.05, 0.1) is 34.0 Å². The number of hydrogen-bond donors (Lipinski definition) is 1. The Morgan fingerprint density at radius 1 is 0.828 bits per heavy atom. The lowest BCUT2D eigenvalue weighted by atomic mass is 9.84. The Morgan fingerprint density at radius 2 is 1.48 bits per heavy atom. The van der Waals surface area contributed by atoms with Gasteiger partial charge in [0, 0.05) is 11.6 Å². The summed E-state index contributed by atoms with van der Waals surface area (Å²) >= 11 is 0. The van der Waals surface area contributed by atoms with Crippen LogP contribution in [0.3, 0.4) is 0 Å². The molecule has 4 aromatic heterocycles. The van der Waals surface area contributed by atoms with Crippen molar-refractivity contribution in [1.29, 1.82) is 0 Å². The van der Waals surface area contributed by atoms with E-state index in [9.17, 15) is 8.78 Å². The van der Waals surface area contributed by atoms with Gasteiger partial charge in [-0.1, -0.05) is 12.1 Å². The van der Waals surface area contributed by atoms with Gasteiger partial charge in [0.25, 0.3) is 0 Å². The van der Waals surface area contributed by atoms with Gasteiger partial charge in [0.1, 0.15) is 0 Å². The predicted octanol–water partition coefficient (Wildman–Crippen LogP) is 5.45. The summed E-state index contributed by atoms with van der Waals surface area (Å²) in [6.45, 7) is 6.06. The Hall–Kier alpha value is -3.41. The van der Waals surface area contributed by atoms with Gasteiger partial charge in [-0.2, -0.15) is 13.8 Å². The highest BCUT2D eigenvalue weighted by Gasteiger charge is 2.27. The molecule has 1 N–H and O–H groups in total. The van der Waals surface area contributed by atoms with E-state index < -0.39 is 17.3 Å². The van der Waals surface area contributed by atoms with Crippen LogP contribution in [0.1, 0.15) is 30.8 Å². The Morgan fingerprint density at radius 3 is 2.10 bits per heavy atom. The smallest absolute Gasteiger partial charge is 0.224 e. The number of pyridine rings is 3. The van der Waals surface area contributed by atoms with E-state index in [1.807, 2.05) is 57.3 Å². The van der Waals surface area contributed by atoms with Crippen molar-refractivity contribution in [2.24, 2.45) is 0 Å². The van der Waals surface area contributed by atoms with E-state index in [0.717, 1.165) is 34.4 Å². The first-order valence-corrected chi connectivity index (χ1v) is 9.27. The molecule has 0 saturated carbocycles. The molecular formula is C23H20F2N4. The van der Waals surface area contributed by atoms with Gasteiger partial charge in [0.15, 0.2) is 0 Å². The van der Waals surface area contributed by atoms with E-state index in [-0.39, 0.29) is 5.56 Å². The minimum Gasteiger partial charge on any atom is -0.360 e. The van der Waals surface area contributed by atoms with E-state index >= 15 is 0 Å². The quantitative estimate of drug-likeness (QED) is 0.472. The van der Waals surface area contributed by atoms with Gasteiger partial charge in [-0.15, -0.1) is 0 Å². The number of H-pyrrole nitrogens is 1. The first-order chi connectivity index (χ1) is 13.8. The molecule has 6 heteroatoms. The molecule has 4 heterocycles. The normalized spacial score (nSPS) is 11.6. The van der Waals surface area contributed by atoms with Crippen molar-refractivity contribution in [3.8, 4) is 22.6 Å². The SMILES string of the molecule is Cc1c[nH]c(-c2cccc(C(C)(C)c3cccc(-c4ccc(F)nc4F)n3)n2)c1. The average molecular weight is 390 g/mol. The Labute approximate surface area is 167 Å². The maximum atomic E-state index is 14.1. The lowest BCUT2D eigenvalue weighted by Crippen LogP contribution is -2.22. The van der Waals surface area contributed by atoms with Crippen LogP contribution in [-0.4, -0.2) is 19.9 Å². The van der Waals surface area contributed by atoms with Crippen molar-refractivity contribution in [3.05, 3.63) is 89.6 Å². The zero-order valence-corrected chi connectivity index (χ0v) is 16.4. The minimum atomic E-state index is -0.880. The summed E-state index contributed by atoms with van der Waals surface area (Å²) in [6, 6.07) is 15.8. The Balaban J connectivity index is 1.74. The van der Waals surface area contributed by atoms with Gasteiger partial charge in [-0.3, -0.25) is 9.97 Å². The highest BCUT2D eigenvalue weighted by Crippen LogP contribution is 2.32. The van der Waals surface area contributed by atoms with E-state index in [4.69, 9.17) is 4.98 Å². The molecule has 0 amide bonds. The summed E-state index contributed by atoms with van der Waals surface area (Å²) in [5.74, 6) is -1.74. The van der Waals surface area contributed by atoms with Crippen LogP contribution in [0.5, 0.6) is 0 Å². The van der Waals surface area contributed by atoms with Crippen LogP contribution >= 0.6 is 0 Å². The maximum absolute atomic E-state index is 14.1. The number of rotatable bonds is 4. The second kappa shape index (κ2) is 7.20. The van der Waals surface area contributed by atoms with Gasteiger partial charge in [-0.05, 0) is 68.8 Å². The zero-order valence-electron chi connectivity index (χ0n) is 16.4. The van der Waals surface area contributed by atoms with Crippen LogP contribution in [-0.2, 0) is 5.41 Å². The van der Waals surface area contributed by atoms with Crippen molar-refractivity contribution in [1.82, 2.24) is 19.9 Å². The highest BCUT2D eigenvalue weighted by molar-refractivity contribution is 5.59. The molecule has 0 unspecified atom stereocenters. The van der Waals surface area contributed by atoms with Crippen LogP contribution in [0.15, 0.2) is 60.8 Å². The third-order valence-electron chi connectivity index (χ3n) is 4.97. The third-order valence-corrected chi connectivity index (χ3v) is 4.97. The van der Waals surface area contributed by atoms with Crippen LogP contribution in [0.4, 0.5) is 8.78 Å². The van der Waals surface area contributed by atoms with Crippen molar-refractivity contribution in [2.75, 3.05) is 0 Å². The standard InChI is InChI=1S/C23H20F2N4/c1-14-12-18(26-13-14)17-7-5-9-20(28-17)23(2,3)19-8-4-6-16(27-19)15-10-11-21(24)29-22(15)25/h4-13,26H,1-3H3. The number of aryl methyl sites for hydroxylation is 1. The summed E-state index contributed by atoms with van der Waals surface area (Å²) in [7, 11) is 0. The number of aromatic nitrogens is 4. The number of nitrogens with one attached hydrogen (secondary N) is 1. The Bertz CT molecular complexity index is 1180. The number of aromatic amines is 1. The molecule has 0 bridgehead atoms. The van der Waals surface area contributed by atoms with E-state index in [1.165, 1.54) is 6.07 Å². The summed E-state index contributed by atoms with van der Waals surface area (Å²) in [6.07, 6.45) is 1.94. The number of nitrogens with zero attached hydrogens (tertiary/aromatic N) is 3. The maximum Gasteiger partial charge on any atom is 0.224 e. The summed E-state index contributed by atoms with van der Waals surface area (Å²) in [5.41, 5.74) is 4.52. The zero-order chi connectivity index (χ0) is 20.6. The van der Waals surface area contributed by atoms with Crippen molar-refractivity contribution >= 4 is 0 Å². The molecule has 0 aliphatic rings. The summed E-state index contributed by atoms with van der Waals surface area (Å²) in [5, 5.41) is 0. The summed E-state index contributed by atoms with van der Waals surface area (Å²) in [4.78, 5) is 15.9. The summed E-state index contributed by atoms with van der Waals surface area (Å²) < 4.78 is 27.3. The second-order valence-electron chi connectivity index (χ2n) is 7.50. The molecule has 146 valence electrons. The lowest BCUT2D eigenvalue weighted by molar-refractivity contribution is 0.514. The molecular weight excluding hydrogens is 370 g/mol. The molecule has 0 spiro atoms. The molecule has 4 aromatic rings. The molecule has 0 aromatic carbocycles. The molecule has 0 atom stereocenters. The Kier molecular flexibility index (Phi) is 4.70. The van der Waals surface area contributed by atoms with Gasteiger partial charge < -0.3 is 4.98 Å². The van der Waals surface area contributed by atoms with Gasteiger partial charge in [-0.25, -0.2) is 0 Å². The van der Waals surface area contributed by atoms with Gasteiger partial charge >= 0.3 is 0 Å². The van der Waals surface area contributed by atoms with E-state index in [2.05, 4.69) is 15.0 Å². The number of halogens is 2. The van der Waals surface area contributed by atoms with Crippen LogP contribution < -0.4 is 0 Å². The number of hydrogen-bond acceptors (Lipinski definition) is 3. The van der Waals surface area contributed by atoms with Gasteiger partial charge in [0.2, 0.25) is 11.9 Å². The topological polar surface area (TPSA) is 54.5 Å². The molecule has 0 aliphatic heterocycles. The largest absolute Gasteiger partial charge is 0.360 e. The predicted molar refractivity (Wildman–Crippen MR) is 108 cm³/mol. The molecule has 0 radical (unpaired) electrons. The molecule has 0 saturated heterocycles. The van der Waals surface area contributed by atoms with Crippen molar-refractivity contribution < 1.29 is 8.78 Å². The minimum absolute atomic E-state index is 0.160. The highest BCUT2D eigenvalue weighted by atomic mass is 19.1. The van der Waals surface area contributed by atoms with Crippen molar-refractivity contribution in [3.63, 3.8) is 0 Å². The van der Waals surface area contributed by atoms with E-state index in [0.29, 0.717) is 5.69 Å². The first kappa shape index (κ1) is 18.9. The third kappa shape index (κ3) is 3.66. The fourth-order valence-corrected chi connectivity index (χ4v) is 3.25. The molecule has 0 fully saturated rings. The molecule has 4 nitrogen and oxygen atoms in total. The molecule has 0 aliphatic carbocycles. The monoisotopic (exact) mass is 390 g/mol. The second-order valence-corrected chi connectivity index (χ2v) is 7.50. The first-order valence-electron chi connectivity index (χ1n) is 9.27. The fraction of sp³-hybridized carbons (Fsp3) is 0.174. The van der Waals surface area contributed by atoms with Crippen LogP contribution in [0, 0.1) is 18.8 Å². The van der Waals surface area contributed by atoms with E-state index in [1.54, 1.807) is 12.1 Å². The lowest BCUT2D eigenvalue weighted by Gasteiger charge is -2.24. The molecule has 4 rings (SSSR count). The average Bonchev–Trinajstić information content (AvgIpc) is 3.14. The van der Waals surface area contributed by atoms with Crippen molar-refractivity contribution in [2.45, 2.75) is 26.2 Å². The van der Waals surface area contributed by atoms with Crippen LogP contribution in [0.25, 0.3) is 22.6 Å². The van der Waals surface area contributed by atoms with Crippen LogP contribution in [0.2, 0.25) is 0 Å². The fourth-order valence-electron chi connectivity index (χ4n) is 3.25.